The number of aryl methyl sites for hydroxylation is 1. The summed E-state index contributed by atoms with van der Waals surface area (Å²) in [7, 11) is 1.25. The number of ether oxygens (including phenoxy) is 4. The van der Waals surface area contributed by atoms with Crippen LogP contribution < -0.4 is 14.4 Å². The lowest BCUT2D eigenvalue weighted by atomic mass is 9.94. The monoisotopic (exact) mass is 576 g/mol. The highest BCUT2D eigenvalue weighted by Gasteiger charge is 2.48. The number of hydrogen-bond donors (Lipinski definition) is 1. The zero-order valence-electron chi connectivity index (χ0n) is 22.0. The highest BCUT2D eigenvalue weighted by molar-refractivity contribution is 7.17. The van der Waals surface area contributed by atoms with Gasteiger partial charge in [-0.05, 0) is 42.8 Å². The van der Waals surface area contributed by atoms with Crippen molar-refractivity contribution >= 4 is 45.9 Å². The van der Waals surface area contributed by atoms with Crippen LogP contribution in [-0.2, 0) is 19.1 Å². The predicted molar refractivity (Wildman–Crippen MR) is 147 cm³/mol. The van der Waals surface area contributed by atoms with Crippen LogP contribution in [0.4, 0.5) is 5.13 Å². The summed E-state index contributed by atoms with van der Waals surface area (Å²) in [5, 5.41) is 11.5. The van der Waals surface area contributed by atoms with Crippen molar-refractivity contribution in [3.05, 3.63) is 88.0 Å². The summed E-state index contributed by atoms with van der Waals surface area (Å²) in [6, 6.07) is 9.60. The molecule has 1 N–H and O–H groups in total. The van der Waals surface area contributed by atoms with Crippen LogP contribution in [0.5, 0.6) is 11.5 Å². The Morgan fingerprint density at radius 3 is 2.46 bits per heavy atom. The topological polar surface area (TPSA) is 142 Å². The largest absolute Gasteiger partial charge is 0.507 e. The summed E-state index contributed by atoms with van der Waals surface area (Å²) in [5.41, 5.74) is 0.970. The van der Waals surface area contributed by atoms with E-state index in [1.54, 1.807) is 31.2 Å². The van der Waals surface area contributed by atoms with Gasteiger partial charge in [0.2, 0.25) is 0 Å². The molecule has 0 bridgehead atoms. The van der Waals surface area contributed by atoms with Crippen LogP contribution in [0, 0.1) is 6.92 Å². The first-order chi connectivity index (χ1) is 19.7. The van der Waals surface area contributed by atoms with Gasteiger partial charge in [-0.3, -0.25) is 14.5 Å². The number of esters is 2. The van der Waals surface area contributed by atoms with Crippen molar-refractivity contribution < 1.29 is 43.2 Å². The van der Waals surface area contributed by atoms with Crippen molar-refractivity contribution in [3.63, 3.8) is 0 Å². The third-order valence-corrected chi connectivity index (χ3v) is 7.55. The molecule has 5 rings (SSSR count). The van der Waals surface area contributed by atoms with E-state index in [2.05, 4.69) is 11.6 Å². The van der Waals surface area contributed by atoms with Gasteiger partial charge in [-0.1, -0.05) is 36.1 Å². The smallest absolute Gasteiger partial charge is 0.350 e. The van der Waals surface area contributed by atoms with Crippen molar-refractivity contribution in [2.45, 2.75) is 13.0 Å². The number of thiazole rings is 1. The minimum absolute atomic E-state index is 0.0158. The molecule has 41 heavy (non-hydrogen) atoms. The van der Waals surface area contributed by atoms with Crippen LogP contribution in [0.15, 0.2) is 60.7 Å². The minimum atomic E-state index is -1.14. The SMILES string of the molecule is C=CCOC(=O)c1sc(N2C(=O)C(=O)/C(=C(/O)c3ccc4c(c3)OCCO4)[C@@H]2c2ccc(C(=O)OC)cc2)nc1C. The zero-order chi connectivity index (χ0) is 29.3. The molecular weight excluding hydrogens is 552 g/mol. The van der Waals surface area contributed by atoms with Gasteiger partial charge in [-0.25, -0.2) is 14.6 Å². The fraction of sp³-hybridized carbons (Fsp3) is 0.207. The van der Waals surface area contributed by atoms with Crippen molar-refractivity contribution in [2.24, 2.45) is 0 Å². The van der Waals surface area contributed by atoms with Gasteiger partial charge in [0.05, 0.1) is 30.0 Å². The zero-order valence-corrected chi connectivity index (χ0v) is 22.9. The highest BCUT2D eigenvalue weighted by Crippen LogP contribution is 2.44. The van der Waals surface area contributed by atoms with Crippen molar-refractivity contribution in [1.29, 1.82) is 0 Å². The molecule has 3 heterocycles. The highest BCUT2D eigenvalue weighted by atomic mass is 32.1. The van der Waals surface area contributed by atoms with Crippen molar-refractivity contribution in [3.8, 4) is 11.5 Å². The lowest BCUT2D eigenvalue weighted by molar-refractivity contribution is -0.132. The van der Waals surface area contributed by atoms with Crippen LogP contribution in [0.2, 0.25) is 0 Å². The maximum atomic E-state index is 13.5. The molecule has 12 heteroatoms. The Morgan fingerprint density at radius 1 is 1.10 bits per heavy atom. The fourth-order valence-corrected chi connectivity index (χ4v) is 5.47. The first kappa shape index (κ1) is 27.6. The number of carbonyl (C=O) groups is 4. The quantitative estimate of drug-likeness (QED) is 0.144. The number of carbonyl (C=O) groups excluding carboxylic acids is 4. The van der Waals surface area contributed by atoms with Gasteiger partial charge in [-0.2, -0.15) is 0 Å². The van der Waals surface area contributed by atoms with E-state index < -0.39 is 35.4 Å². The summed E-state index contributed by atoms with van der Waals surface area (Å²) >= 11 is 0.877. The molecule has 1 aromatic heterocycles. The van der Waals surface area contributed by atoms with Gasteiger partial charge in [-0.15, -0.1) is 0 Å². The molecule has 1 atom stereocenters. The van der Waals surface area contributed by atoms with E-state index in [4.69, 9.17) is 18.9 Å². The standard InChI is InChI=1S/C29H24N2O9S/c1-4-11-40-28(36)25-15(2)30-29(41-25)31-22(16-5-7-17(8-6-16)27(35)37-3)21(24(33)26(31)34)23(32)18-9-10-19-20(14-18)39-13-12-38-19/h4-10,14,22,32H,1,11-13H2,2-3H3/b23-21+/t22-/m0/s1. The number of Topliss-reactive ketones (excluding diaryl/α,β-unsaturated/α-hetero) is 1. The number of amides is 1. The lowest BCUT2D eigenvalue weighted by Gasteiger charge is -2.23. The fourth-order valence-electron chi connectivity index (χ4n) is 4.49. The second-order valence-electron chi connectivity index (χ2n) is 8.94. The third kappa shape index (κ3) is 5.05. The van der Waals surface area contributed by atoms with Crippen molar-refractivity contribution in [2.75, 3.05) is 31.8 Å². The van der Waals surface area contributed by atoms with Crippen LogP contribution in [0.3, 0.4) is 0 Å². The van der Waals surface area contributed by atoms with Crippen molar-refractivity contribution in [1.82, 2.24) is 4.98 Å². The summed E-state index contributed by atoms with van der Waals surface area (Å²) in [5.74, 6) is -2.71. The van der Waals surface area contributed by atoms with E-state index in [1.807, 2.05) is 0 Å². The third-order valence-electron chi connectivity index (χ3n) is 6.42. The molecule has 1 saturated heterocycles. The Kier molecular flexibility index (Phi) is 7.58. The van der Waals surface area contributed by atoms with Crippen LogP contribution in [0.25, 0.3) is 5.76 Å². The molecule has 0 unspecified atom stereocenters. The minimum Gasteiger partial charge on any atom is -0.507 e. The number of fused-ring (bicyclic) bond motifs is 1. The summed E-state index contributed by atoms with van der Waals surface area (Å²) in [6.45, 7) is 5.78. The number of nitrogens with zero attached hydrogens (tertiary/aromatic N) is 2. The predicted octanol–water partition coefficient (Wildman–Crippen LogP) is 3.98. The average molecular weight is 577 g/mol. The van der Waals surface area contributed by atoms with E-state index in [1.165, 1.54) is 31.4 Å². The molecule has 1 amide bonds. The van der Waals surface area contributed by atoms with E-state index in [0.29, 0.717) is 36.0 Å². The van der Waals surface area contributed by atoms with Crippen LogP contribution >= 0.6 is 11.3 Å². The number of ketones is 1. The van der Waals surface area contributed by atoms with Gasteiger partial charge >= 0.3 is 17.8 Å². The molecule has 210 valence electrons. The average Bonchev–Trinajstić information content (AvgIpc) is 3.50. The molecule has 0 saturated carbocycles. The molecule has 2 aromatic carbocycles. The summed E-state index contributed by atoms with van der Waals surface area (Å²) in [6.07, 6.45) is 1.42. The molecule has 2 aliphatic rings. The van der Waals surface area contributed by atoms with E-state index in [9.17, 15) is 24.3 Å². The van der Waals surface area contributed by atoms with Gasteiger partial charge in [0, 0.05) is 5.56 Å². The van der Waals surface area contributed by atoms with E-state index in [-0.39, 0.29) is 33.3 Å². The van der Waals surface area contributed by atoms with E-state index in [0.717, 1.165) is 16.2 Å². The Bertz CT molecular complexity index is 1610. The van der Waals surface area contributed by atoms with Crippen LogP contribution in [-0.4, -0.2) is 60.6 Å². The number of hydrogen-bond acceptors (Lipinski definition) is 11. The van der Waals surface area contributed by atoms with Gasteiger partial charge in [0.15, 0.2) is 16.6 Å². The molecule has 0 aliphatic carbocycles. The molecule has 3 aromatic rings. The molecular formula is C29H24N2O9S. The Hall–Kier alpha value is -4.97. The molecule has 11 nitrogen and oxygen atoms in total. The molecule has 0 radical (unpaired) electrons. The molecule has 2 aliphatic heterocycles. The maximum Gasteiger partial charge on any atom is 0.350 e. The second kappa shape index (κ2) is 11.3. The van der Waals surface area contributed by atoms with Crippen LogP contribution in [0.1, 0.15) is 42.9 Å². The number of rotatable bonds is 7. The van der Waals surface area contributed by atoms with Gasteiger partial charge < -0.3 is 24.1 Å². The maximum absolute atomic E-state index is 13.5. The Labute approximate surface area is 238 Å². The summed E-state index contributed by atoms with van der Waals surface area (Å²) < 4.78 is 21.1. The van der Waals surface area contributed by atoms with Gasteiger partial charge in [0.1, 0.15) is 30.5 Å². The number of benzene rings is 2. The normalized spacial score (nSPS) is 17.3. The Balaban J connectivity index is 1.65. The number of aromatic nitrogens is 1. The summed E-state index contributed by atoms with van der Waals surface area (Å²) in [4.78, 5) is 57.3. The molecule has 1 fully saturated rings. The number of methoxy groups -OCH3 is 1. The Morgan fingerprint density at radius 2 is 1.78 bits per heavy atom. The first-order valence-electron chi connectivity index (χ1n) is 12.4. The number of aliphatic hydroxyl groups is 1. The number of anilines is 1. The number of aliphatic hydroxyl groups excluding tert-OH is 1. The molecule has 0 spiro atoms. The first-order valence-corrected chi connectivity index (χ1v) is 13.2. The van der Waals surface area contributed by atoms with E-state index >= 15 is 0 Å². The van der Waals surface area contributed by atoms with Gasteiger partial charge in [0.25, 0.3) is 5.78 Å². The lowest BCUT2D eigenvalue weighted by Crippen LogP contribution is -2.29. The second-order valence-corrected chi connectivity index (χ2v) is 9.92.